The van der Waals surface area contributed by atoms with Gasteiger partial charge in [0.1, 0.15) is 5.69 Å². The number of benzene rings is 1. The Morgan fingerprint density at radius 3 is 2.00 bits per heavy atom. The molecule has 0 saturated heterocycles. The molecule has 3 N–H and O–H groups in total. The predicted molar refractivity (Wildman–Crippen MR) is 70.0 cm³/mol. The van der Waals surface area contributed by atoms with Crippen molar-refractivity contribution in [2.24, 2.45) is 17.6 Å². The normalized spacial score (nSPS) is 12.3. The highest BCUT2D eigenvalue weighted by Crippen LogP contribution is 2.25. The van der Waals surface area contributed by atoms with Gasteiger partial charge >= 0.3 is 0 Å². The molecule has 0 aromatic heterocycles. The van der Waals surface area contributed by atoms with E-state index in [0.717, 1.165) is 0 Å². The van der Waals surface area contributed by atoms with Crippen LogP contribution in [0.15, 0.2) is 6.07 Å². The van der Waals surface area contributed by atoms with Crippen LogP contribution in [0.5, 0.6) is 0 Å². The number of carbonyl (C=O) groups excluding carboxylic acids is 1. The summed E-state index contributed by atoms with van der Waals surface area (Å²) in [6, 6.07) is 0.0494. The summed E-state index contributed by atoms with van der Waals surface area (Å²) in [5.74, 6) is -8.92. The van der Waals surface area contributed by atoms with E-state index in [0.29, 0.717) is 0 Å². The molecule has 20 heavy (non-hydrogen) atoms. The topological polar surface area (TPSA) is 55.1 Å². The Kier molecular flexibility index (Phi) is 5.04. The zero-order valence-electron chi connectivity index (χ0n) is 10.6. The zero-order valence-corrected chi connectivity index (χ0v) is 11.5. The highest BCUT2D eigenvalue weighted by atomic mass is 32.1. The molecule has 0 aliphatic heterocycles. The van der Waals surface area contributed by atoms with Gasteiger partial charge in [-0.1, -0.05) is 26.1 Å². The van der Waals surface area contributed by atoms with E-state index in [-0.39, 0.29) is 17.0 Å². The molecule has 0 spiro atoms. The van der Waals surface area contributed by atoms with E-state index in [1.165, 1.54) is 0 Å². The van der Waals surface area contributed by atoms with Gasteiger partial charge in [-0.2, -0.15) is 0 Å². The summed E-state index contributed by atoms with van der Waals surface area (Å²) in [5, 5.41) is 1.79. The van der Waals surface area contributed by atoms with E-state index < -0.39 is 40.8 Å². The van der Waals surface area contributed by atoms with Crippen molar-refractivity contribution in [1.29, 1.82) is 0 Å². The molecule has 0 heterocycles. The minimum absolute atomic E-state index is 0.0494. The van der Waals surface area contributed by atoms with E-state index in [1.807, 2.05) is 0 Å². The minimum Gasteiger partial charge on any atom is -0.393 e. The monoisotopic (exact) mass is 308 g/mol. The number of thiocarbonyl (C=S) groups is 1. The van der Waals surface area contributed by atoms with Gasteiger partial charge in [-0.05, 0) is 5.92 Å². The molecule has 1 aromatic carbocycles. The summed E-state index contributed by atoms with van der Waals surface area (Å²) in [5.41, 5.74) is 4.16. The smallest absolute Gasteiger partial charge is 0.234 e. The number of hydrogen-bond donors (Lipinski definition) is 2. The number of anilines is 1. The van der Waals surface area contributed by atoms with E-state index >= 15 is 0 Å². The molecule has 1 unspecified atom stereocenters. The second-order valence-corrected chi connectivity index (χ2v) is 4.93. The van der Waals surface area contributed by atoms with Gasteiger partial charge in [-0.25, -0.2) is 17.6 Å². The first-order chi connectivity index (χ1) is 9.16. The highest BCUT2D eigenvalue weighted by Gasteiger charge is 2.28. The SMILES string of the molecule is CC(C)C(C(=O)Nc1c(F)c(F)cc(F)c1F)C(N)=S. The number of amides is 1. The maximum absolute atomic E-state index is 13.4. The predicted octanol–water partition coefficient (Wildman–Crippen LogP) is 2.74. The van der Waals surface area contributed by atoms with Gasteiger partial charge in [0.05, 0.1) is 10.9 Å². The number of halogens is 4. The van der Waals surface area contributed by atoms with Crippen LogP contribution in [-0.2, 0) is 4.79 Å². The number of hydrogen-bond acceptors (Lipinski definition) is 2. The second kappa shape index (κ2) is 6.17. The Morgan fingerprint density at radius 1 is 1.20 bits per heavy atom. The Morgan fingerprint density at radius 2 is 1.65 bits per heavy atom. The van der Waals surface area contributed by atoms with Gasteiger partial charge in [0.2, 0.25) is 5.91 Å². The summed E-state index contributed by atoms with van der Waals surface area (Å²) >= 11 is 4.68. The fourth-order valence-electron chi connectivity index (χ4n) is 1.64. The van der Waals surface area contributed by atoms with Crippen LogP contribution in [0.2, 0.25) is 0 Å². The largest absolute Gasteiger partial charge is 0.393 e. The fraction of sp³-hybridized carbons (Fsp3) is 0.333. The summed E-state index contributed by atoms with van der Waals surface area (Å²) in [6.45, 7) is 3.23. The van der Waals surface area contributed by atoms with Crippen molar-refractivity contribution in [1.82, 2.24) is 0 Å². The van der Waals surface area contributed by atoms with Crippen LogP contribution in [0.25, 0.3) is 0 Å². The van der Waals surface area contributed by atoms with Crippen LogP contribution < -0.4 is 11.1 Å². The molecule has 110 valence electrons. The first kappa shape index (κ1) is 16.4. The summed E-state index contributed by atoms with van der Waals surface area (Å²) < 4.78 is 52.8. The van der Waals surface area contributed by atoms with Crippen molar-refractivity contribution in [2.75, 3.05) is 5.32 Å². The fourth-order valence-corrected chi connectivity index (χ4v) is 2.02. The van der Waals surface area contributed by atoms with Crippen LogP contribution in [0.1, 0.15) is 13.8 Å². The molecule has 0 radical (unpaired) electrons. The molecule has 0 saturated carbocycles. The molecule has 0 fully saturated rings. The molecule has 1 aromatic rings. The van der Waals surface area contributed by atoms with Crippen LogP contribution in [0.4, 0.5) is 23.2 Å². The Bertz CT molecular complexity index is 537. The van der Waals surface area contributed by atoms with Crippen molar-refractivity contribution in [3.63, 3.8) is 0 Å². The summed E-state index contributed by atoms with van der Waals surface area (Å²) in [6.07, 6.45) is 0. The molecule has 0 bridgehead atoms. The van der Waals surface area contributed by atoms with Gasteiger partial charge in [0, 0.05) is 6.07 Å². The minimum atomic E-state index is -1.69. The first-order valence-corrected chi connectivity index (χ1v) is 6.00. The van der Waals surface area contributed by atoms with E-state index in [4.69, 9.17) is 5.73 Å². The van der Waals surface area contributed by atoms with Crippen molar-refractivity contribution < 1.29 is 22.4 Å². The molecular formula is C12H12F4N2OS. The Balaban J connectivity index is 3.16. The zero-order chi connectivity index (χ0) is 15.6. The van der Waals surface area contributed by atoms with Crippen molar-refractivity contribution in [3.05, 3.63) is 29.3 Å². The van der Waals surface area contributed by atoms with Gasteiger partial charge < -0.3 is 11.1 Å². The van der Waals surface area contributed by atoms with E-state index in [9.17, 15) is 22.4 Å². The molecule has 1 rings (SSSR count). The Labute approximate surface area is 118 Å². The van der Waals surface area contributed by atoms with Crippen molar-refractivity contribution in [2.45, 2.75) is 13.8 Å². The summed E-state index contributed by atoms with van der Waals surface area (Å²) in [7, 11) is 0. The molecule has 8 heteroatoms. The highest BCUT2D eigenvalue weighted by molar-refractivity contribution is 7.80. The molecule has 1 atom stereocenters. The first-order valence-electron chi connectivity index (χ1n) is 5.60. The third-order valence-corrected chi connectivity index (χ3v) is 2.87. The number of nitrogens with two attached hydrogens (primary N) is 1. The Hall–Kier alpha value is -1.70. The van der Waals surface area contributed by atoms with Gasteiger partial charge in [-0.15, -0.1) is 0 Å². The lowest BCUT2D eigenvalue weighted by Gasteiger charge is -2.19. The quantitative estimate of drug-likeness (QED) is 0.511. The average Bonchev–Trinajstić information content (AvgIpc) is 2.31. The lowest BCUT2D eigenvalue weighted by molar-refractivity contribution is -0.118. The van der Waals surface area contributed by atoms with Gasteiger partial charge in [-0.3, -0.25) is 4.79 Å². The van der Waals surface area contributed by atoms with E-state index in [2.05, 4.69) is 12.2 Å². The molecule has 3 nitrogen and oxygen atoms in total. The van der Waals surface area contributed by atoms with Crippen molar-refractivity contribution >= 4 is 28.8 Å². The van der Waals surface area contributed by atoms with E-state index in [1.54, 1.807) is 19.2 Å². The van der Waals surface area contributed by atoms with Crippen LogP contribution in [-0.4, -0.2) is 10.9 Å². The summed E-state index contributed by atoms with van der Waals surface area (Å²) in [4.78, 5) is 11.7. The third kappa shape index (κ3) is 3.24. The van der Waals surface area contributed by atoms with Crippen LogP contribution >= 0.6 is 12.2 Å². The number of nitrogens with one attached hydrogen (secondary N) is 1. The van der Waals surface area contributed by atoms with Crippen LogP contribution in [0, 0.1) is 35.1 Å². The lowest BCUT2D eigenvalue weighted by Crippen LogP contribution is -2.37. The number of rotatable bonds is 4. The maximum atomic E-state index is 13.4. The maximum Gasteiger partial charge on any atom is 0.234 e. The van der Waals surface area contributed by atoms with Crippen LogP contribution in [0.3, 0.4) is 0 Å². The number of carbonyl (C=O) groups is 1. The third-order valence-electron chi connectivity index (χ3n) is 2.62. The van der Waals surface area contributed by atoms with Crippen molar-refractivity contribution in [3.8, 4) is 0 Å². The molecular weight excluding hydrogens is 296 g/mol. The average molecular weight is 308 g/mol. The molecule has 0 aliphatic rings. The second-order valence-electron chi connectivity index (χ2n) is 4.46. The van der Waals surface area contributed by atoms with Gasteiger partial charge in [0.25, 0.3) is 0 Å². The lowest BCUT2D eigenvalue weighted by atomic mass is 9.95. The molecule has 1 amide bonds. The standard InChI is InChI=1S/C12H12F4N2OS/c1-4(2)7(11(17)20)12(19)18-10-8(15)5(13)3-6(14)9(10)16/h3-4,7H,1-2H3,(H2,17,20)(H,18,19). The molecule has 0 aliphatic carbocycles. The van der Waals surface area contributed by atoms with Gasteiger partial charge in [0.15, 0.2) is 23.3 Å².